The van der Waals surface area contributed by atoms with E-state index in [9.17, 15) is 4.79 Å². The number of pyridine rings is 1. The standard InChI is InChI=1S/C19H27N5O2/c1-4-5-8-16(25)23-10-12-24(13-11-23)17-15(7-6-9-20-17)19-22-21-18(26-19)14(2)3/h6-7,9,14H,4-5,8,10-13H2,1-3H3. The summed E-state index contributed by atoms with van der Waals surface area (Å²) in [4.78, 5) is 20.9. The van der Waals surface area contributed by atoms with Gasteiger partial charge in [-0.05, 0) is 18.6 Å². The Morgan fingerprint density at radius 3 is 2.65 bits per heavy atom. The maximum absolute atomic E-state index is 12.2. The van der Waals surface area contributed by atoms with Gasteiger partial charge in [0.05, 0.1) is 5.56 Å². The highest BCUT2D eigenvalue weighted by atomic mass is 16.4. The Morgan fingerprint density at radius 2 is 2.00 bits per heavy atom. The number of carbonyl (C=O) groups excluding carboxylic acids is 1. The molecule has 7 nitrogen and oxygen atoms in total. The Balaban J connectivity index is 1.72. The van der Waals surface area contributed by atoms with Gasteiger partial charge in [0, 0.05) is 44.7 Å². The summed E-state index contributed by atoms with van der Waals surface area (Å²) < 4.78 is 5.81. The summed E-state index contributed by atoms with van der Waals surface area (Å²) in [7, 11) is 0. The second kappa shape index (κ2) is 8.29. The fourth-order valence-corrected chi connectivity index (χ4v) is 3.05. The third-order valence-electron chi connectivity index (χ3n) is 4.63. The Morgan fingerprint density at radius 1 is 1.23 bits per heavy atom. The average Bonchev–Trinajstić information content (AvgIpc) is 3.16. The van der Waals surface area contributed by atoms with Crippen LogP contribution in [0.25, 0.3) is 11.5 Å². The first-order chi connectivity index (χ1) is 12.6. The number of unbranched alkanes of at least 4 members (excludes halogenated alkanes) is 1. The minimum absolute atomic E-state index is 0.189. The van der Waals surface area contributed by atoms with Gasteiger partial charge in [0.15, 0.2) is 0 Å². The minimum Gasteiger partial charge on any atom is -0.420 e. The molecule has 1 aliphatic heterocycles. The van der Waals surface area contributed by atoms with Crippen LogP contribution in [0.5, 0.6) is 0 Å². The van der Waals surface area contributed by atoms with Crippen LogP contribution in [0.3, 0.4) is 0 Å². The summed E-state index contributed by atoms with van der Waals surface area (Å²) >= 11 is 0. The van der Waals surface area contributed by atoms with E-state index in [2.05, 4.69) is 27.0 Å². The summed E-state index contributed by atoms with van der Waals surface area (Å²) in [5.74, 6) is 2.41. The number of anilines is 1. The Kier molecular flexibility index (Phi) is 5.85. The van der Waals surface area contributed by atoms with Crippen molar-refractivity contribution in [3.8, 4) is 11.5 Å². The summed E-state index contributed by atoms with van der Waals surface area (Å²) in [6.07, 6.45) is 4.42. The molecular weight excluding hydrogens is 330 g/mol. The molecule has 0 aliphatic carbocycles. The number of hydrogen-bond donors (Lipinski definition) is 0. The van der Waals surface area contributed by atoms with Gasteiger partial charge >= 0.3 is 0 Å². The zero-order valence-corrected chi connectivity index (χ0v) is 15.8. The number of hydrogen-bond acceptors (Lipinski definition) is 6. The zero-order chi connectivity index (χ0) is 18.5. The van der Waals surface area contributed by atoms with Gasteiger partial charge in [-0.1, -0.05) is 27.2 Å². The SMILES string of the molecule is CCCCC(=O)N1CCN(c2ncccc2-c2nnc(C(C)C)o2)CC1. The smallest absolute Gasteiger partial charge is 0.251 e. The van der Waals surface area contributed by atoms with E-state index < -0.39 is 0 Å². The Labute approximate surface area is 154 Å². The molecule has 1 amide bonds. The van der Waals surface area contributed by atoms with Gasteiger partial charge < -0.3 is 14.2 Å². The van der Waals surface area contributed by atoms with Crippen LogP contribution in [0.15, 0.2) is 22.7 Å². The average molecular weight is 357 g/mol. The molecule has 1 saturated heterocycles. The predicted octanol–water partition coefficient (Wildman–Crippen LogP) is 3.09. The molecule has 0 N–H and O–H groups in total. The summed E-state index contributed by atoms with van der Waals surface area (Å²) in [6, 6.07) is 3.83. The van der Waals surface area contributed by atoms with Crippen molar-refractivity contribution in [2.24, 2.45) is 0 Å². The van der Waals surface area contributed by atoms with Gasteiger partial charge in [0.1, 0.15) is 5.82 Å². The number of rotatable bonds is 6. The molecule has 3 rings (SSSR count). The van der Waals surface area contributed by atoms with Crippen LogP contribution in [-0.4, -0.2) is 52.2 Å². The molecule has 2 aromatic rings. The van der Waals surface area contributed by atoms with Crippen molar-refractivity contribution >= 4 is 11.7 Å². The maximum Gasteiger partial charge on any atom is 0.251 e. The highest BCUT2D eigenvalue weighted by Gasteiger charge is 2.25. The van der Waals surface area contributed by atoms with E-state index in [4.69, 9.17) is 4.42 Å². The van der Waals surface area contributed by atoms with Crippen LogP contribution in [0.2, 0.25) is 0 Å². The molecule has 0 bridgehead atoms. The van der Waals surface area contributed by atoms with Crippen LogP contribution >= 0.6 is 0 Å². The molecular formula is C19H27N5O2. The predicted molar refractivity (Wildman–Crippen MR) is 99.9 cm³/mol. The first-order valence-electron chi connectivity index (χ1n) is 9.41. The van der Waals surface area contributed by atoms with Gasteiger partial charge in [-0.2, -0.15) is 0 Å². The monoisotopic (exact) mass is 357 g/mol. The van der Waals surface area contributed by atoms with Gasteiger partial charge in [-0.3, -0.25) is 4.79 Å². The number of aromatic nitrogens is 3. The fraction of sp³-hybridized carbons (Fsp3) is 0.579. The van der Waals surface area contributed by atoms with Crippen molar-refractivity contribution in [3.63, 3.8) is 0 Å². The van der Waals surface area contributed by atoms with Crippen LogP contribution in [0, 0.1) is 0 Å². The quantitative estimate of drug-likeness (QED) is 0.791. The molecule has 140 valence electrons. The van der Waals surface area contributed by atoms with E-state index in [1.807, 2.05) is 30.9 Å². The van der Waals surface area contributed by atoms with E-state index in [0.717, 1.165) is 50.4 Å². The lowest BCUT2D eigenvalue weighted by Gasteiger charge is -2.36. The van der Waals surface area contributed by atoms with E-state index in [1.54, 1.807) is 6.20 Å². The van der Waals surface area contributed by atoms with Crippen molar-refractivity contribution in [1.82, 2.24) is 20.1 Å². The van der Waals surface area contributed by atoms with E-state index in [-0.39, 0.29) is 11.8 Å². The van der Waals surface area contributed by atoms with Crippen molar-refractivity contribution in [1.29, 1.82) is 0 Å². The second-order valence-corrected chi connectivity index (χ2v) is 6.95. The number of carbonyl (C=O) groups is 1. The molecule has 0 radical (unpaired) electrons. The topological polar surface area (TPSA) is 75.4 Å². The van der Waals surface area contributed by atoms with E-state index in [0.29, 0.717) is 18.2 Å². The molecule has 0 saturated carbocycles. The van der Waals surface area contributed by atoms with Gasteiger partial charge in [-0.15, -0.1) is 10.2 Å². The normalized spacial score (nSPS) is 14.9. The molecule has 0 atom stereocenters. The lowest BCUT2D eigenvalue weighted by Crippen LogP contribution is -2.49. The van der Waals surface area contributed by atoms with Crippen LogP contribution in [-0.2, 0) is 4.79 Å². The van der Waals surface area contributed by atoms with Crippen LogP contribution in [0.4, 0.5) is 5.82 Å². The highest BCUT2D eigenvalue weighted by Crippen LogP contribution is 2.29. The fourth-order valence-electron chi connectivity index (χ4n) is 3.05. The van der Waals surface area contributed by atoms with E-state index in [1.165, 1.54) is 0 Å². The molecule has 0 spiro atoms. The van der Waals surface area contributed by atoms with Gasteiger partial charge in [0.25, 0.3) is 5.89 Å². The van der Waals surface area contributed by atoms with Crippen LogP contribution < -0.4 is 4.90 Å². The first-order valence-corrected chi connectivity index (χ1v) is 9.41. The van der Waals surface area contributed by atoms with Crippen molar-refractivity contribution < 1.29 is 9.21 Å². The lowest BCUT2D eigenvalue weighted by atomic mass is 10.2. The third-order valence-corrected chi connectivity index (χ3v) is 4.63. The summed E-state index contributed by atoms with van der Waals surface area (Å²) in [5.41, 5.74) is 0.845. The summed E-state index contributed by atoms with van der Waals surface area (Å²) in [5, 5.41) is 8.32. The molecule has 1 aliphatic rings. The molecule has 0 unspecified atom stereocenters. The van der Waals surface area contributed by atoms with Crippen molar-refractivity contribution in [2.45, 2.75) is 46.0 Å². The molecule has 1 fully saturated rings. The third kappa shape index (κ3) is 4.03. The number of amides is 1. The molecule has 26 heavy (non-hydrogen) atoms. The Hall–Kier alpha value is -2.44. The van der Waals surface area contributed by atoms with E-state index >= 15 is 0 Å². The number of piperazine rings is 1. The van der Waals surface area contributed by atoms with Gasteiger partial charge in [0.2, 0.25) is 11.8 Å². The first kappa shape index (κ1) is 18.4. The minimum atomic E-state index is 0.189. The maximum atomic E-state index is 12.2. The molecule has 0 aromatic carbocycles. The largest absolute Gasteiger partial charge is 0.420 e. The molecule has 3 heterocycles. The Bertz CT molecular complexity index is 735. The van der Waals surface area contributed by atoms with Crippen molar-refractivity contribution in [2.75, 3.05) is 31.1 Å². The summed E-state index contributed by atoms with van der Waals surface area (Å²) in [6.45, 7) is 9.11. The highest BCUT2D eigenvalue weighted by molar-refractivity contribution is 5.77. The number of nitrogens with zero attached hydrogens (tertiary/aromatic N) is 5. The zero-order valence-electron chi connectivity index (χ0n) is 15.8. The van der Waals surface area contributed by atoms with Crippen LogP contribution in [0.1, 0.15) is 51.8 Å². The molecule has 7 heteroatoms. The van der Waals surface area contributed by atoms with Crippen molar-refractivity contribution in [3.05, 3.63) is 24.2 Å². The lowest BCUT2D eigenvalue weighted by molar-refractivity contribution is -0.131. The van der Waals surface area contributed by atoms with Gasteiger partial charge in [-0.25, -0.2) is 4.98 Å². The second-order valence-electron chi connectivity index (χ2n) is 6.95. The molecule has 2 aromatic heterocycles.